The quantitative estimate of drug-likeness (QED) is 0.788. The molecule has 0 bridgehead atoms. The predicted octanol–water partition coefficient (Wildman–Crippen LogP) is 2.48. The molecule has 0 saturated heterocycles. The molecule has 26 heavy (non-hydrogen) atoms. The second kappa shape index (κ2) is 7.95. The molecule has 1 N–H and O–H groups in total. The first-order valence-electron chi connectivity index (χ1n) is 8.68. The van der Waals surface area contributed by atoms with Gasteiger partial charge >= 0.3 is 0 Å². The summed E-state index contributed by atoms with van der Waals surface area (Å²) in [5.41, 5.74) is 2.52. The Bertz CT molecular complexity index is 862. The van der Waals surface area contributed by atoms with Gasteiger partial charge in [0.2, 0.25) is 5.91 Å². The minimum absolute atomic E-state index is 0.00652. The zero-order valence-electron chi connectivity index (χ0n) is 15.2. The van der Waals surface area contributed by atoms with Crippen LogP contribution in [0.15, 0.2) is 34.2 Å². The largest absolute Gasteiger partial charge is 0.497 e. The number of aromatic nitrogens is 2. The Hall–Kier alpha value is -2.28. The van der Waals surface area contributed by atoms with Gasteiger partial charge in [0.1, 0.15) is 5.75 Å². The number of thioether (sulfide) groups is 1. The van der Waals surface area contributed by atoms with Crippen molar-refractivity contribution in [3.05, 3.63) is 51.4 Å². The maximum absolute atomic E-state index is 12.7. The third kappa shape index (κ3) is 3.77. The van der Waals surface area contributed by atoms with E-state index >= 15 is 0 Å². The number of nitrogens with zero attached hydrogens (tertiary/aromatic N) is 2. The first-order valence-corrected chi connectivity index (χ1v) is 9.66. The molecule has 2 aromatic rings. The molecular weight excluding hydrogens is 350 g/mol. The van der Waals surface area contributed by atoms with Crippen LogP contribution in [-0.2, 0) is 17.8 Å². The van der Waals surface area contributed by atoms with Gasteiger partial charge in [-0.1, -0.05) is 30.8 Å². The average Bonchev–Trinajstić information content (AvgIpc) is 3.03. The highest BCUT2D eigenvalue weighted by Gasteiger charge is 2.28. The van der Waals surface area contributed by atoms with Crippen molar-refractivity contribution in [2.24, 2.45) is 0 Å². The molecule has 1 atom stereocenters. The minimum atomic E-state index is -0.142. The van der Waals surface area contributed by atoms with Crippen LogP contribution >= 0.6 is 11.8 Å². The third-order valence-corrected chi connectivity index (χ3v) is 5.67. The zero-order valence-corrected chi connectivity index (χ0v) is 16.1. The summed E-state index contributed by atoms with van der Waals surface area (Å²) in [4.78, 5) is 29.6. The molecule has 1 aromatic carbocycles. The van der Waals surface area contributed by atoms with Crippen molar-refractivity contribution < 1.29 is 9.53 Å². The van der Waals surface area contributed by atoms with Crippen molar-refractivity contribution in [2.45, 2.75) is 44.4 Å². The molecule has 1 aliphatic heterocycles. The Labute approximate surface area is 157 Å². The van der Waals surface area contributed by atoms with E-state index in [0.29, 0.717) is 18.7 Å². The lowest BCUT2D eigenvalue weighted by atomic mass is 10.1. The number of nitrogens with one attached hydrogen (secondary N) is 1. The summed E-state index contributed by atoms with van der Waals surface area (Å²) in [6.45, 7) is 4.28. The van der Waals surface area contributed by atoms with Gasteiger partial charge in [0.25, 0.3) is 5.56 Å². The second-order valence-corrected chi connectivity index (χ2v) is 7.27. The molecular formula is C19H23N3O3S. The number of amides is 1. The van der Waals surface area contributed by atoms with Gasteiger partial charge in [-0.15, -0.1) is 0 Å². The summed E-state index contributed by atoms with van der Waals surface area (Å²) in [6.07, 6.45) is 0.933. The van der Waals surface area contributed by atoms with Gasteiger partial charge in [-0.25, -0.2) is 4.98 Å². The third-order valence-electron chi connectivity index (χ3n) is 4.58. The molecule has 1 aliphatic rings. The minimum Gasteiger partial charge on any atom is -0.497 e. The maximum atomic E-state index is 12.7. The number of methoxy groups -OCH3 is 1. The van der Waals surface area contributed by atoms with E-state index < -0.39 is 0 Å². The molecule has 0 radical (unpaired) electrons. The van der Waals surface area contributed by atoms with Crippen LogP contribution in [0.25, 0.3) is 0 Å². The summed E-state index contributed by atoms with van der Waals surface area (Å²) in [6, 6.07) is 7.43. The van der Waals surface area contributed by atoms with Crippen LogP contribution in [0.1, 0.15) is 36.2 Å². The van der Waals surface area contributed by atoms with Gasteiger partial charge in [0.15, 0.2) is 5.16 Å². The van der Waals surface area contributed by atoms with Crippen LogP contribution < -0.4 is 15.6 Å². The van der Waals surface area contributed by atoms with Crippen LogP contribution in [0.4, 0.5) is 0 Å². The first kappa shape index (κ1) is 18.5. The number of fused-ring (bicyclic) bond motifs is 1. The molecule has 0 fully saturated rings. The van der Waals surface area contributed by atoms with Gasteiger partial charge < -0.3 is 10.1 Å². The number of hydrogen-bond acceptors (Lipinski definition) is 5. The number of benzene rings is 1. The van der Waals surface area contributed by atoms with Gasteiger partial charge in [0, 0.05) is 30.0 Å². The lowest BCUT2D eigenvalue weighted by Crippen LogP contribution is -2.32. The highest BCUT2D eigenvalue weighted by atomic mass is 32.2. The summed E-state index contributed by atoms with van der Waals surface area (Å²) in [7, 11) is 1.62. The van der Waals surface area contributed by atoms with E-state index in [0.717, 1.165) is 27.7 Å². The summed E-state index contributed by atoms with van der Waals surface area (Å²) in [5.74, 6) is 1.42. The summed E-state index contributed by atoms with van der Waals surface area (Å²) in [5, 5.41) is 3.65. The van der Waals surface area contributed by atoms with E-state index in [1.807, 2.05) is 38.1 Å². The first-order chi connectivity index (χ1) is 12.5. The van der Waals surface area contributed by atoms with Gasteiger partial charge in [0.05, 0.1) is 13.2 Å². The van der Waals surface area contributed by atoms with E-state index in [2.05, 4.69) is 10.3 Å². The molecule has 1 aromatic heterocycles. The SMILES string of the molecule is CCc1c(C)nc2n(c1=O)C(CC(=O)NCc1ccc(OC)cc1)CS2. The number of hydrogen-bond donors (Lipinski definition) is 1. The maximum Gasteiger partial charge on any atom is 0.257 e. The number of carbonyl (C=O) groups is 1. The van der Waals surface area contributed by atoms with Crippen LogP contribution in [0.5, 0.6) is 5.75 Å². The van der Waals surface area contributed by atoms with Crippen molar-refractivity contribution in [3.8, 4) is 5.75 Å². The molecule has 3 rings (SSSR count). The van der Waals surface area contributed by atoms with E-state index in [4.69, 9.17) is 4.74 Å². The lowest BCUT2D eigenvalue weighted by Gasteiger charge is -2.15. The number of ether oxygens (including phenoxy) is 1. The standard InChI is InChI=1S/C19H23N3O3S/c1-4-16-12(2)21-19-22(18(16)24)14(11-26-19)9-17(23)20-10-13-5-7-15(25-3)8-6-13/h5-8,14H,4,9-11H2,1-3H3,(H,20,23). The molecule has 0 aliphatic carbocycles. The Morgan fingerprint density at radius 2 is 2.12 bits per heavy atom. The number of rotatable bonds is 6. The van der Waals surface area contributed by atoms with Crippen molar-refractivity contribution in [3.63, 3.8) is 0 Å². The fraction of sp³-hybridized carbons (Fsp3) is 0.421. The molecule has 2 heterocycles. The van der Waals surface area contributed by atoms with Crippen molar-refractivity contribution in [2.75, 3.05) is 12.9 Å². The van der Waals surface area contributed by atoms with E-state index in [1.165, 1.54) is 0 Å². The zero-order chi connectivity index (χ0) is 18.7. The van der Waals surface area contributed by atoms with Gasteiger partial charge in [-0.3, -0.25) is 14.2 Å². The van der Waals surface area contributed by atoms with Crippen LogP contribution in [-0.4, -0.2) is 28.3 Å². The van der Waals surface area contributed by atoms with Crippen molar-refractivity contribution >= 4 is 17.7 Å². The molecule has 1 unspecified atom stereocenters. The molecule has 0 saturated carbocycles. The topological polar surface area (TPSA) is 73.2 Å². The van der Waals surface area contributed by atoms with Crippen molar-refractivity contribution in [1.29, 1.82) is 0 Å². The Balaban J connectivity index is 1.65. The lowest BCUT2D eigenvalue weighted by molar-refractivity contribution is -0.121. The normalized spacial score (nSPS) is 15.6. The predicted molar refractivity (Wildman–Crippen MR) is 102 cm³/mol. The molecule has 7 heteroatoms. The molecule has 138 valence electrons. The highest BCUT2D eigenvalue weighted by molar-refractivity contribution is 7.99. The van der Waals surface area contributed by atoms with Crippen LogP contribution in [0.3, 0.4) is 0 Å². The second-order valence-electron chi connectivity index (χ2n) is 6.28. The molecule has 1 amide bonds. The monoisotopic (exact) mass is 373 g/mol. The van der Waals surface area contributed by atoms with Gasteiger partial charge in [-0.2, -0.15) is 0 Å². The molecule has 0 spiro atoms. The Morgan fingerprint density at radius 1 is 1.38 bits per heavy atom. The average molecular weight is 373 g/mol. The highest BCUT2D eigenvalue weighted by Crippen LogP contribution is 2.32. The Kier molecular flexibility index (Phi) is 5.66. The fourth-order valence-corrected chi connectivity index (χ4v) is 4.29. The van der Waals surface area contributed by atoms with Crippen LogP contribution in [0, 0.1) is 6.92 Å². The van der Waals surface area contributed by atoms with Gasteiger partial charge in [-0.05, 0) is 31.0 Å². The number of aryl methyl sites for hydroxylation is 1. The number of carbonyl (C=O) groups excluding carboxylic acids is 1. The Morgan fingerprint density at radius 3 is 2.77 bits per heavy atom. The van der Waals surface area contributed by atoms with E-state index in [-0.39, 0.29) is 23.9 Å². The van der Waals surface area contributed by atoms with E-state index in [1.54, 1.807) is 23.4 Å². The smallest absolute Gasteiger partial charge is 0.257 e. The summed E-state index contributed by atoms with van der Waals surface area (Å²) < 4.78 is 6.83. The van der Waals surface area contributed by atoms with Crippen molar-refractivity contribution in [1.82, 2.24) is 14.9 Å². The van der Waals surface area contributed by atoms with E-state index in [9.17, 15) is 9.59 Å². The van der Waals surface area contributed by atoms with Crippen LogP contribution in [0.2, 0.25) is 0 Å². The molecule has 6 nitrogen and oxygen atoms in total. The fourth-order valence-electron chi connectivity index (χ4n) is 3.11. The summed E-state index contributed by atoms with van der Waals surface area (Å²) >= 11 is 1.54.